The van der Waals surface area contributed by atoms with E-state index >= 15 is 0 Å². The van der Waals surface area contributed by atoms with Crippen molar-refractivity contribution in [2.45, 2.75) is 26.3 Å². The Morgan fingerprint density at radius 1 is 1.29 bits per heavy atom. The van der Waals surface area contributed by atoms with Gasteiger partial charge in [0.25, 0.3) is 0 Å². The summed E-state index contributed by atoms with van der Waals surface area (Å²) in [6.45, 7) is 3.62. The van der Waals surface area contributed by atoms with E-state index in [1.807, 2.05) is 12.1 Å². The molecule has 1 aromatic rings. The average Bonchev–Trinajstić information content (AvgIpc) is 2.29. The van der Waals surface area contributed by atoms with Crippen LogP contribution in [0, 0.1) is 0 Å². The number of unbranched alkanes of at least 4 members (excludes halogenated alkanes) is 1. The van der Waals surface area contributed by atoms with Gasteiger partial charge in [0.15, 0.2) is 5.78 Å². The fraction of sp³-hybridized carbons (Fsp3) is 0.400. The molecule has 0 spiro atoms. The van der Waals surface area contributed by atoms with Crippen molar-refractivity contribution >= 4 is 5.78 Å². The minimum absolute atomic E-state index is 0.127. The summed E-state index contributed by atoms with van der Waals surface area (Å²) in [7, 11) is 2.13. The van der Waals surface area contributed by atoms with Crippen LogP contribution in [0.25, 0.3) is 0 Å². The number of hydrogen-bond donors (Lipinski definition) is 0. The molecule has 0 saturated heterocycles. The van der Waals surface area contributed by atoms with Crippen LogP contribution >= 0.6 is 0 Å². The SMILES string of the molecule is CC(=O)/C=C/CCCN(C)Cc1ccccc1. The summed E-state index contributed by atoms with van der Waals surface area (Å²) in [5, 5.41) is 0. The zero-order chi connectivity index (χ0) is 12.5. The second kappa shape index (κ2) is 7.80. The number of nitrogens with zero attached hydrogens (tertiary/aromatic N) is 1. The Morgan fingerprint density at radius 2 is 2.00 bits per heavy atom. The third-order valence-corrected chi connectivity index (χ3v) is 2.56. The predicted octanol–water partition coefficient (Wildman–Crippen LogP) is 3.04. The van der Waals surface area contributed by atoms with Gasteiger partial charge in [-0.1, -0.05) is 36.4 Å². The number of hydrogen-bond acceptors (Lipinski definition) is 2. The Bertz CT molecular complexity index is 356. The summed E-state index contributed by atoms with van der Waals surface area (Å²) < 4.78 is 0. The molecule has 0 unspecified atom stereocenters. The van der Waals surface area contributed by atoms with Gasteiger partial charge in [0.05, 0.1) is 0 Å². The second-order valence-corrected chi connectivity index (χ2v) is 4.38. The third kappa shape index (κ3) is 6.69. The molecule has 2 nitrogen and oxygen atoms in total. The first-order chi connectivity index (χ1) is 8.18. The van der Waals surface area contributed by atoms with E-state index in [2.05, 4.69) is 36.2 Å². The highest BCUT2D eigenvalue weighted by atomic mass is 16.1. The molecule has 17 heavy (non-hydrogen) atoms. The van der Waals surface area contributed by atoms with Crippen molar-refractivity contribution in [1.29, 1.82) is 0 Å². The molecule has 2 heteroatoms. The van der Waals surface area contributed by atoms with Gasteiger partial charge >= 0.3 is 0 Å². The van der Waals surface area contributed by atoms with Crippen LogP contribution in [-0.2, 0) is 11.3 Å². The smallest absolute Gasteiger partial charge is 0.152 e. The van der Waals surface area contributed by atoms with Gasteiger partial charge in [-0.05, 0) is 45.0 Å². The Hall–Kier alpha value is -1.41. The van der Waals surface area contributed by atoms with Crippen molar-refractivity contribution in [2.24, 2.45) is 0 Å². The molecule has 0 aliphatic rings. The first-order valence-electron chi connectivity index (χ1n) is 6.08. The van der Waals surface area contributed by atoms with Crippen molar-refractivity contribution < 1.29 is 4.79 Å². The topological polar surface area (TPSA) is 20.3 Å². The number of carbonyl (C=O) groups excluding carboxylic acids is 1. The number of carbonyl (C=O) groups is 1. The highest BCUT2D eigenvalue weighted by Gasteiger charge is 1.98. The molecule has 0 aliphatic carbocycles. The van der Waals surface area contributed by atoms with Crippen molar-refractivity contribution in [3.8, 4) is 0 Å². The van der Waals surface area contributed by atoms with E-state index in [9.17, 15) is 4.79 Å². The first kappa shape index (κ1) is 13.7. The maximum Gasteiger partial charge on any atom is 0.152 e. The first-order valence-corrected chi connectivity index (χ1v) is 6.08. The molecule has 0 amide bonds. The molecule has 0 heterocycles. The third-order valence-electron chi connectivity index (χ3n) is 2.56. The predicted molar refractivity (Wildman–Crippen MR) is 71.8 cm³/mol. The van der Waals surface area contributed by atoms with Crippen molar-refractivity contribution in [2.75, 3.05) is 13.6 Å². The van der Waals surface area contributed by atoms with Crippen LogP contribution < -0.4 is 0 Å². The maximum atomic E-state index is 10.7. The summed E-state index contributed by atoms with van der Waals surface area (Å²) in [4.78, 5) is 13.0. The fourth-order valence-electron chi connectivity index (χ4n) is 1.70. The fourth-order valence-corrected chi connectivity index (χ4v) is 1.70. The van der Waals surface area contributed by atoms with Crippen LogP contribution in [-0.4, -0.2) is 24.3 Å². The molecule has 1 rings (SSSR count). The summed E-state index contributed by atoms with van der Waals surface area (Å²) in [6.07, 6.45) is 5.67. The molecule has 92 valence electrons. The molecule has 0 fully saturated rings. The highest BCUT2D eigenvalue weighted by molar-refractivity contribution is 5.87. The van der Waals surface area contributed by atoms with Gasteiger partial charge in [-0.25, -0.2) is 0 Å². The molecular weight excluding hydrogens is 210 g/mol. The zero-order valence-electron chi connectivity index (χ0n) is 10.7. The highest BCUT2D eigenvalue weighted by Crippen LogP contribution is 2.03. The molecular formula is C15H21NO. The normalized spacial score (nSPS) is 11.2. The summed E-state index contributed by atoms with van der Waals surface area (Å²) in [5.41, 5.74) is 1.34. The Labute approximate surface area is 104 Å². The van der Waals surface area contributed by atoms with Gasteiger partial charge in [0, 0.05) is 6.54 Å². The van der Waals surface area contributed by atoms with Gasteiger partial charge in [-0.2, -0.15) is 0 Å². The van der Waals surface area contributed by atoms with Crippen LogP contribution in [0.4, 0.5) is 0 Å². The lowest BCUT2D eigenvalue weighted by molar-refractivity contribution is -0.112. The van der Waals surface area contributed by atoms with Gasteiger partial charge in [-0.3, -0.25) is 4.79 Å². The van der Waals surface area contributed by atoms with Gasteiger partial charge in [0.2, 0.25) is 0 Å². The lowest BCUT2D eigenvalue weighted by Gasteiger charge is -2.15. The molecule has 0 aromatic heterocycles. The number of ketones is 1. The summed E-state index contributed by atoms with van der Waals surface area (Å²) in [5.74, 6) is 0.127. The Morgan fingerprint density at radius 3 is 2.65 bits per heavy atom. The van der Waals surface area contributed by atoms with E-state index in [0.717, 1.165) is 25.9 Å². The van der Waals surface area contributed by atoms with E-state index in [0.29, 0.717) is 0 Å². The van der Waals surface area contributed by atoms with Crippen molar-refractivity contribution in [3.05, 3.63) is 48.0 Å². The quantitative estimate of drug-likeness (QED) is 0.531. The van der Waals surface area contributed by atoms with Gasteiger partial charge in [-0.15, -0.1) is 0 Å². The Balaban J connectivity index is 2.18. The molecule has 0 saturated carbocycles. The number of allylic oxidation sites excluding steroid dienone is 2. The minimum atomic E-state index is 0.127. The summed E-state index contributed by atoms with van der Waals surface area (Å²) >= 11 is 0. The van der Waals surface area contributed by atoms with Gasteiger partial charge in [0.1, 0.15) is 0 Å². The lowest BCUT2D eigenvalue weighted by Crippen LogP contribution is -2.18. The van der Waals surface area contributed by atoms with Gasteiger partial charge < -0.3 is 4.90 Å². The van der Waals surface area contributed by atoms with Crippen LogP contribution in [0.5, 0.6) is 0 Å². The number of benzene rings is 1. The summed E-state index contributed by atoms with van der Waals surface area (Å²) in [6, 6.07) is 10.5. The van der Waals surface area contributed by atoms with Crippen molar-refractivity contribution in [3.63, 3.8) is 0 Å². The van der Waals surface area contributed by atoms with Crippen LogP contribution in [0.2, 0.25) is 0 Å². The molecule has 0 bridgehead atoms. The van der Waals surface area contributed by atoms with E-state index in [-0.39, 0.29) is 5.78 Å². The minimum Gasteiger partial charge on any atom is -0.302 e. The average molecular weight is 231 g/mol. The van der Waals surface area contributed by atoms with E-state index in [1.54, 1.807) is 13.0 Å². The van der Waals surface area contributed by atoms with E-state index < -0.39 is 0 Å². The standard InChI is InChI=1S/C15H21NO/c1-14(17)9-5-4-8-12-16(2)13-15-10-6-3-7-11-15/h3,5-7,9-11H,4,8,12-13H2,1-2H3/b9-5+. The molecule has 0 N–H and O–H groups in total. The monoisotopic (exact) mass is 231 g/mol. The van der Waals surface area contributed by atoms with Crippen LogP contribution in [0.1, 0.15) is 25.3 Å². The second-order valence-electron chi connectivity index (χ2n) is 4.38. The lowest BCUT2D eigenvalue weighted by atomic mass is 10.2. The molecule has 0 aliphatic heterocycles. The van der Waals surface area contributed by atoms with Crippen molar-refractivity contribution in [1.82, 2.24) is 4.90 Å². The van der Waals surface area contributed by atoms with Crippen LogP contribution in [0.3, 0.4) is 0 Å². The largest absolute Gasteiger partial charge is 0.302 e. The number of rotatable bonds is 7. The maximum absolute atomic E-state index is 10.7. The van der Waals surface area contributed by atoms with E-state index in [1.165, 1.54) is 5.56 Å². The van der Waals surface area contributed by atoms with Crippen LogP contribution in [0.15, 0.2) is 42.5 Å². The molecule has 0 radical (unpaired) electrons. The molecule has 1 aromatic carbocycles. The van der Waals surface area contributed by atoms with E-state index in [4.69, 9.17) is 0 Å². The molecule has 0 atom stereocenters. The zero-order valence-corrected chi connectivity index (χ0v) is 10.7. The Kier molecular flexibility index (Phi) is 6.26.